The van der Waals surface area contributed by atoms with E-state index in [0.29, 0.717) is 6.42 Å². The van der Waals surface area contributed by atoms with E-state index in [-0.39, 0.29) is 11.2 Å². The lowest BCUT2D eigenvalue weighted by molar-refractivity contribution is 0.0985. The van der Waals surface area contributed by atoms with Crippen LogP contribution in [0.2, 0.25) is 0 Å². The second-order valence-corrected chi connectivity index (χ2v) is 3.78. The molecule has 0 amide bonds. The van der Waals surface area contributed by atoms with Gasteiger partial charge >= 0.3 is 0 Å². The van der Waals surface area contributed by atoms with Gasteiger partial charge in [-0.25, -0.2) is 0 Å². The number of Topliss-reactive ketones (excluding diaryl/α,β-unsaturated/α-hetero) is 1. The number of hydrogen-bond acceptors (Lipinski definition) is 1. The van der Waals surface area contributed by atoms with E-state index in [4.69, 9.17) is 11.6 Å². The minimum atomic E-state index is -0.386. The summed E-state index contributed by atoms with van der Waals surface area (Å²) in [4.78, 5) is 11.8. The van der Waals surface area contributed by atoms with Crippen molar-refractivity contribution in [3.8, 4) is 0 Å². The molecule has 0 spiro atoms. The van der Waals surface area contributed by atoms with Gasteiger partial charge in [-0.15, -0.1) is 11.6 Å². The van der Waals surface area contributed by atoms with Crippen LogP contribution in [0.3, 0.4) is 0 Å². The van der Waals surface area contributed by atoms with Crippen molar-refractivity contribution in [2.45, 2.75) is 32.1 Å². The normalized spacial score (nSPS) is 12.5. The number of hydrogen-bond donors (Lipinski definition) is 0. The van der Waals surface area contributed by atoms with E-state index in [2.05, 4.69) is 0 Å². The standard InChI is InChI=1S/C12H15ClO/c1-3-9-7-5-6-8-10(9)12(14)11(13)4-2/h5-8,11H,3-4H2,1-2H3. The third-order valence-corrected chi connectivity index (χ3v) is 2.81. The predicted octanol–water partition coefficient (Wildman–Crippen LogP) is 3.45. The Balaban J connectivity index is 3.00. The molecular weight excluding hydrogens is 196 g/mol. The predicted molar refractivity (Wildman–Crippen MR) is 60.1 cm³/mol. The van der Waals surface area contributed by atoms with Gasteiger partial charge in [0.15, 0.2) is 5.78 Å². The summed E-state index contributed by atoms with van der Waals surface area (Å²) in [6.07, 6.45) is 1.55. The van der Waals surface area contributed by atoms with Crippen LogP contribution in [0.5, 0.6) is 0 Å². The van der Waals surface area contributed by atoms with E-state index >= 15 is 0 Å². The molecule has 76 valence electrons. The van der Waals surface area contributed by atoms with Crippen molar-refractivity contribution in [1.29, 1.82) is 0 Å². The molecule has 0 aliphatic rings. The summed E-state index contributed by atoms with van der Waals surface area (Å²) in [5.74, 6) is 0.0478. The van der Waals surface area contributed by atoms with E-state index < -0.39 is 0 Å². The van der Waals surface area contributed by atoms with E-state index in [0.717, 1.165) is 17.5 Å². The molecule has 1 aromatic rings. The number of rotatable bonds is 4. The molecule has 1 rings (SSSR count). The molecule has 1 atom stereocenters. The SMILES string of the molecule is CCc1ccccc1C(=O)C(Cl)CC. The van der Waals surface area contributed by atoms with Crippen LogP contribution in [0.25, 0.3) is 0 Å². The van der Waals surface area contributed by atoms with Crippen molar-refractivity contribution in [3.05, 3.63) is 35.4 Å². The van der Waals surface area contributed by atoms with Gasteiger partial charge < -0.3 is 0 Å². The first kappa shape index (κ1) is 11.3. The fourth-order valence-electron chi connectivity index (χ4n) is 1.42. The van der Waals surface area contributed by atoms with Gasteiger partial charge in [-0.3, -0.25) is 4.79 Å². The zero-order valence-corrected chi connectivity index (χ0v) is 9.34. The van der Waals surface area contributed by atoms with Crippen molar-refractivity contribution < 1.29 is 4.79 Å². The van der Waals surface area contributed by atoms with Gasteiger partial charge in [0.1, 0.15) is 0 Å². The fraction of sp³-hybridized carbons (Fsp3) is 0.417. The largest absolute Gasteiger partial charge is 0.292 e. The lowest BCUT2D eigenvalue weighted by atomic mass is 9.99. The number of carbonyl (C=O) groups is 1. The third-order valence-electron chi connectivity index (χ3n) is 2.31. The second kappa shape index (κ2) is 5.16. The topological polar surface area (TPSA) is 17.1 Å². The van der Waals surface area contributed by atoms with Crippen LogP contribution in [0.4, 0.5) is 0 Å². The van der Waals surface area contributed by atoms with Crippen molar-refractivity contribution in [2.75, 3.05) is 0 Å². The summed E-state index contributed by atoms with van der Waals surface area (Å²) >= 11 is 5.93. The molecule has 0 N–H and O–H groups in total. The summed E-state index contributed by atoms with van der Waals surface area (Å²) < 4.78 is 0. The van der Waals surface area contributed by atoms with Gasteiger partial charge in [-0.2, -0.15) is 0 Å². The molecule has 0 radical (unpaired) electrons. The summed E-state index contributed by atoms with van der Waals surface area (Å²) in [7, 11) is 0. The molecule has 0 saturated heterocycles. The van der Waals surface area contributed by atoms with Gasteiger partial charge in [0, 0.05) is 5.56 Å². The fourth-order valence-corrected chi connectivity index (χ4v) is 1.54. The van der Waals surface area contributed by atoms with Gasteiger partial charge in [-0.1, -0.05) is 38.1 Å². The van der Waals surface area contributed by atoms with Gasteiger partial charge in [0.05, 0.1) is 5.38 Å². The van der Waals surface area contributed by atoms with Crippen LogP contribution in [-0.2, 0) is 6.42 Å². The molecule has 2 heteroatoms. The molecule has 0 saturated carbocycles. The molecule has 14 heavy (non-hydrogen) atoms. The van der Waals surface area contributed by atoms with E-state index in [1.54, 1.807) is 0 Å². The summed E-state index contributed by atoms with van der Waals surface area (Å²) in [6, 6.07) is 7.66. The highest BCUT2D eigenvalue weighted by atomic mass is 35.5. The third kappa shape index (κ3) is 2.36. The number of halogens is 1. The minimum absolute atomic E-state index is 0.0478. The Morgan fingerprint density at radius 2 is 2.00 bits per heavy atom. The number of carbonyl (C=O) groups excluding carboxylic acids is 1. The number of benzene rings is 1. The second-order valence-electron chi connectivity index (χ2n) is 3.25. The van der Waals surface area contributed by atoms with E-state index in [1.807, 2.05) is 38.1 Å². The molecule has 0 aromatic heterocycles. The molecule has 0 aliphatic heterocycles. The molecule has 1 aromatic carbocycles. The lowest BCUT2D eigenvalue weighted by Gasteiger charge is -2.09. The summed E-state index contributed by atoms with van der Waals surface area (Å²) in [5.41, 5.74) is 1.86. The van der Waals surface area contributed by atoms with Crippen molar-refractivity contribution >= 4 is 17.4 Å². The Morgan fingerprint density at radius 3 is 2.57 bits per heavy atom. The summed E-state index contributed by atoms with van der Waals surface area (Å²) in [6.45, 7) is 3.96. The van der Waals surface area contributed by atoms with E-state index in [9.17, 15) is 4.79 Å². The summed E-state index contributed by atoms with van der Waals surface area (Å²) in [5, 5.41) is -0.386. The molecular formula is C12H15ClO. The Kier molecular flexibility index (Phi) is 4.15. The van der Waals surface area contributed by atoms with Crippen molar-refractivity contribution in [3.63, 3.8) is 0 Å². The molecule has 0 aliphatic carbocycles. The zero-order chi connectivity index (χ0) is 10.6. The average Bonchev–Trinajstić information content (AvgIpc) is 2.26. The van der Waals surface area contributed by atoms with E-state index in [1.165, 1.54) is 0 Å². The van der Waals surface area contributed by atoms with Gasteiger partial charge in [0.25, 0.3) is 0 Å². The highest BCUT2D eigenvalue weighted by Gasteiger charge is 2.17. The van der Waals surface area contributed by atoms with Crippen LogP contribution in [-0.4, -0.2) is 11.2 Å². The minimum Gasteiger partial charge on any atom is -0.292 e. The smallest absolute Gasteiger partial charge is 0.180 e. The van der Waals surface area contributed by atoms with Crippen LogP contribution < -0.4 is 0 Å². The number of aryl methyl sites for hydroxylation is 1. The quantitative estimate of drug-likeness (QED) is 0.550. The average molecular weight is 211 g/mol. The lowest BCUT2D eigenvalue weighted by Crippen LogP contribution is -2.15. The maximum atomic E-state index is 11.8. The Hall–Kier alpha value is -0.820. The van der Waals surface area contributed by atoms with Crippen LogP contribution in [0.15, 0.2) is 24.3 Å². The highest BCUT2D eigenvalue weighted by molar-refractivity contribution is 6.34. The van der Waals surface area contributed by atoms with Crippen molar-refractivity contribution in [1.82, 2.24) is 0 Å². The number of ketones is 1. The first-order valence-corrected chi connectivity index (χ1v) is 5.40. The molecule has 1 unspecified atom stereocenters. The maximum Gasteiger partial charge on any atom is 0.180 e. The van der Waals surface area contributed by atoms with Gasteiger partial charge in [-0.05, 0) is 18.4 Å². The first-order valence-electron chi connectivity index (χ1n) is 4.96. The molecule has 0 heterocycles. The molecule has 0 bridgehead atoms. The Morgan fingerprint density at radius 1 is 1.36 bits per heavy atom. The highest BCUT2D eigenvalue weighted by Crippen LogP contribution is 2.16. The Labute approximate surface area is 90.1 Å². The maximum absolute atomic E-state index is 11.8. The number of alkyl halides is 1. The van der Waals surface area contributed by atoms with Gasteiger partial charge in [0.2, 0.25) is 0 Å². The molecule has 0 fully saturated rings. The van der Waals surface area contributed by atoms with Crippen LogP contribution in [0.1, 0.15) is 36.2 Å². The molecule has 1 nitrogen and oxygen atoms in total. The monoisotopic (exact) mass is 210 g/mol. The van der Waals surface area contributed by atoms with Crippen LogP contribution >= 0.6 is 11.6 Å². The zero-order valence-electron chi connectivity index (χ0n) is 8.59. The van der Waals surface area contributed by atoms with Crippen molar-refractivity contribution in [2.24, 2.45) is 0 Å². The first-order chi connectivity index (χ1) is 6.70. The van der Waals surface area contributed by atoms with Crippen LogP contribution in [0, 0.1) is 0 Å². The Bertz CT molecular complexity index is 320.